The van der Waals surface area contributed by atoms with Gasteiger partial charge in [-0.3, -0.25) is 9.59 Å². The first-order valence-electron chi connectivity index (χ1n) is 10.1. The molecule has 1 amide bonds. The van der Waals surface area contributed by atoms with Crippen LogP contribution in [0.4, 0.5) is 5.69 Å². The Bertz CT molecular complexity index is 904. The van der Waals surface area contributed by atoms with E-state index in [1.165, 1.54) is 18.7 Å². The third-order valence-electron chi connectivity index (χ3n) is 5.06. The van der Waals surface area contributed by atoms with Crippen molar-refractivity contribution in [3.05, 3.63) is 65.2 Å². The van der Waals surface area contributed by atoms with Crippen molar-refractivity contribution >= 4 is 23.3 Å². The summed E-state index contributed by atoms with van der Waals surface area (Å²) in [6.07, 6.45) is -1.00. The molecule has 30 heavy (non-hydrogen) atoms. The lowest BCUT2D eigenvalue weighted by Gasteiger charge is -2.23. The lowest BCUT2D eigenvalue weighted by molar-refractivity contribution is -0.921. The van der Waals surface area contributed by atoms with Crippen molar-refractivity contribution in [1.29, 1.82) is 0 Å². The molecule has 7 heteroatoms. The molecular weight excluding hydrogens is 384 g/mol. The van der Waals surface area contributed by atoms with Crippen LogP contribution in [0.5, 0.6) is 0 Å². The highest BCUT2D eigenvalue weighted by molar-refractivity contribution is 6.05. The van der Waals surface area contributed by atoms with Crippen LogP contribution in [0.2, 0.25) is 0 Å². The highest BCUT2D eigenvalue weighted by Crippen LogP contribution is 2.16. The fourth-order valence-corrected chi connectivity index (χ4v) is 3.30. The maximum absolute atomic E-state index is 12.4. The van der Waals surface area contributed by atoms with Gasteiger partial charge in [-0.25, -0.2) is 4.79 Å². The summed E-state index contributed by atoms with van der Waals surface area (Å²) in [5.41, 5.74) is 2.32. The zero-order chi connectivity index (χ0) is 21.5. The van der Waals surface area contributed by atoms with E-state index < -0.39 is 18.0 Å². The van der Waals surface area contributed by atoms with Gasteiger partial charge >= 0.3 is 5.97 Å². The van der Waals surface area contributed by atoms with Gasteiger partial charge in [-0.1, -0.05) is 24.3 Å². The number of benzene rings is 2. The van der Waals surface area contributed by atoms with Crippen molar-refractivity contribution in [1.82, 2.24) is 0 Å². The first-order valence-corrected chi connectivity index (χ1v) is 10.1. The van der Waals surface area contributed by atoms with Gasteiger partial charge in [0.05, 0.1) is 24.5 Å². The number of carbonyl (C=O) groups excluding carboxylic acids is 3. The number of rotatable bonds is 7. The number of carbonyl (C=O) groups is 3. The van der Waals surface area contributed by atoms with Crippen molar-refractivity contribution < 1.29 is 28.8 Å². The van der Waals surface area contributed by atoms with E-state index in [0.29, 0.717) is 16.8 Å². The molecule has 1 aliphatic rings. The molecular formula is C23H27N2O5+. The largest absolute Gasteiger partial charge is 0.449 e. The summed E-state index contributed by atoms with van der Waals surface area (Å²) >= 11 is 0. The number of Topliss-reactive ketones (excluding diaryl/α,β-unsaturated/α-hetero) is 1. The Labute approximate surface area is 176 Å². The minimum absolute atomic E-state index is 0.158. The molecule has 1 atom stereocenters. The van der Waals surface area contributed by atoms with E-state index in [-0.39, 0.29) is 5.78 Å². The van der Waals surface area contributed by atoms with Crippen molar-refractivity contribution in [2.24, 2.45) is 0 Å². The van der Waals surface area contributed by atoms with E-state index in [1.807, 2.05) is 12.1 Å². The van der Waals surface area contributed by atoms with E-state index in [9.17, 15) is 14.4 Å². The van der Waals surface area contributed by atoms with E-state index >= 15 is 0 Å². The average Bonchev–Trinajstić information content (AvgIpc) is 2.75. The predicted molar refractivity (Wildman–Crippen MR) is 112 cm³/mol. The first-order chi connectivity index (χ1) is 14.4. The second-order valence-electron chi connectivity index (χ2n) is 7.37. The fraction of sp³-hybridized carbons (Fsp3) is 0.348. The minimum atomic E-state index is -1.00. The highest BCUT2D eigenvalue weighted by atomic mass is 16.5. The van der Waals surface area contributed by atoms with E-state index in [0.717, 1.165) is 38.4 Å². The van der Waals surface area contributed by atoms with Crippen LogP contribution in [0, 0.1) is 0 Å². The van der Waals surface area contributed by atoms with Crippen molar-refractivity contribution in [2.75, 3.05) is 31.6 Å². The summed E-state index contributed by atoms with van der Waals surface area (Å²) in [5.74, 6) is -1.22. The van der Waals surface area contributed by atoms with Gasteiger partial charge in [-0.15, -0.1) is 0 Å². The number of morpholine rings is 1. The summed E-state index contributed by atoms with van der Waals surface area (Å²) in [5, 5.41) is 2.65. The predicted octanol–water partition coefficient (Wildman–Crippen LogP) is 1.49. The van der Waals surface area contributed by atoms with Gasteiger partial charge in [0.15, 0.2) is 11.9 Å². The number of ketones is 1. The number of hydrogen-bond donors (Lipinski definition) is 2. The van der Waals surface area contributed by atoms with Crippen LogP contribution in [0.15, 0.2) is 48.5 Å². The van der Waals surface area contributed by atoms with Gasteiger partial charge in [-0.2, -0.15) is 0 Å². The third kappa shape index (κ3) is 5.75. The van der Waals surface area contributed by atoms with Crippen molar-refractivity contribution in [3.8, 4) is 0 Å². The Kier molecular flexibility index (Phi) is 7.32. The molecule has 1 heterocycles. The Hall–Kier alpha value is -3.03. The minimum Gasteiger partial charge on any atom is -0.449 e. The molecule has 1 aliphatic heterocycles. The summed E-state index contributed by atoms with van der Waals surface area (Å²) in [4.78, 5) is 38.0. The Morgan fingerprint density at radius 3 is 2.40 bits per heavy atom. The number of amides is 1. The van der Waals surface area contributed by atoms with E-state index in [4.69, 9.17) is 9.47 Å². The lowest BCUT2D eigenvalue weighted by Crippen LogP contribution is -3.12. The number of nitrogens with one attached hydrogen (secondary N) is 2. The van der Waals surface area contributed by atoms with Crippen molar-refractivity contribution in [2.45, 2.75) is 26.5 Å². The number of quaternary nitrogens is 1. The van der Waals surface area contributed by atoms with Gasteiger partial charge in [0.2, 0.25) is 0 Å². The zero-order valence-electron chi connectivity index (χ0n) is 17.3. The quantitative estimate of drug-likeness (QED) is 0.533. The number of ether oxygens (including phenoxy) is 2. The summed E-state index contributed by atoms with van der Waals surface area (Å²) in [7, 11) is 0. The monoisotopic (exact) mass is 411 g/mol. The summed E-state index contributed by atoms with van der Waals surface area (Å²) < 4.78 is 10.7. The molecule has 1 saturated heterocycles. The molecule has 158 valence electrons. The fourth-order valence-electron chi connectivity index (χ4n) is 3.30. The van der Waals surface area contributed by atoms with Gasteiger partial charge < -0.3 is 19.7 Å². The molecule has 0 bridgehead atoms. The topological polar surface area (TPSA) is 86.1 Å². The molecule has 2 N–H and O–H groups in total. The number of esters is 1. The van der Waals surface area contributed by atoms with Crippen LogP contribution in [-0.2, 0) is 20.8 Å². The lowest BCUT2D eigenvalue weighted by atomic mass is 10.1. The molecule has 7 nitrogen and oxygen atoms in total. The van der Waals surface area contributed by atoms with Crippen LogP contribution in [0.3, 0.4) is 0 Å². The van der Waals surface area contributed by atoms with Gasteiger partial charge in [0.1, 0.15) is 19.6 Å². The highest BCUT2D eigenvalue weighted by Gasteiger charge is 2.21. The molecule has 0 unspecified atom stereocenters. The van der Waals surface area contributed by atoms with Crippen LogP contribution < -0.4 is 10.2 Å². The molecule has 2 aromatic carbocycles. The average molecular weight is 411 g/mol. The van der Waals surface area contributed by atoms with Crippen LogP contribution in [0.25, 0.3) is 0 Å². The first kappa shape index (κ1) is 21.7. The number of hydrogen-bond acceptors (Lipinski definition) is 5. The van der Waals surface area contributed by atoms with E-state index in [2.05, 4.69) is 5.32 Å². The van der Waals surface area contributed by atoms with E-state index in [1.54, 1.807) is 36.4 Å². The molecule has 0 saturated carbocycles. The van der Waals surface area contributed by atoms with Crippen molar-refractivity contribution in [3.63, 3.8) is 0 Å². The van der Waals surface area contributed by atoms with Gasteiger partial charge in [0.25, 0.3) is 5.91 Å². The molecule has 0 radical (unpaired) electrons. The third-order valence-corrected chi connectivity index (χ3v) is 5.06. The second kappa shape index (κ2) is 10.1. The van der Waals surface area contributed by atoms with Gasteiger partial charge in [-0.05, 0) is 38.1 Å². The number of para-hydroxylation sites is 1. The summed E-state index contributed by atoms with van der Waals surface area (Å²) in [6.45, 7) is 7.31. The van der Waals surface area contributed by atoms with Crippen LogP contribution >= 0.6 is 0 Å². The molecule has 1 fully saturated rings. The zero-order valence-corrected chi connectivity index (χ0v) is 17.3. The standard InChI is InChI=1S/C23H26N2O5/c1-16(26)20-5-3-4-6-21(20)24-22(27)17(2)30-23(28)19-9-7-18(8-10-19)15-25-11-13-29-14-12-25/h3-10,17H,11-15H2,1-2H3,(H,24,27)/p+1/t17-/m0/s1. The Morgan fingerprint density at radius 1 is 1.07 bits per heavy atom. The Balaban J connectivity index is 1.55. The summed E-state index contributed by atoms with van der Waals surface area (Å²) in [6, 6.07) is 14.0. The normalized spacial score (nSPS) is 15.3. The second-order valence-corrected chi connectivity index (χ2v) is 7.37. The Morgan fingerprint density at radius 2 is 1.73 bits per heavy atom. The van der Waals surface area contributed by atoms with Crippen LogP contribution in [0.1, 0.15) is 40.1 Å². The molecule has 0 spiro atoms. The molecule has 3 rings (SSSR count). The van der Waals surface area contributed by atoms with Crippen LogP contribution in [-0.4, -0.2) is 50.1 Å². The maximum atomic E-state index is 12.4. The SMILES string of the molecule is CC(=O)c1ccccc1NC(=O)[C@H](C)OC(=O)c1ccc(C[NH+]2CCOCC2)cc1. The van der Waals surface area contributed by atoms with Gasteiger partial charge in [0, 0.05) is 11.1 Å². The molecule has 0 aromatic heterocycles. The number of anilines is 1. The molecule has 0 aliphatic carbocycles. The smallest absolute Gasteiger partial charge is 0.338 e. The molecule has 2 aromatic rings. The maximum Gasteiger partial charge on any atom is 0.338 e.